The lowest BCUT2D eigenvalue weighted by Gasteiger charge is -2.16. The summed E-state index contributed by atoms with van der Waals surface area (Å²) in [5.41, 5.74) is 2.02. The molecule has 1 fully saturated rings. The summed E-state index contributed by atoms with van der Waals surface area (Å²) in [6.07, 6.45) is 2.01. The van der Waals surface area contributed by atoms with Gasteiger partial charge in [-0.3, -0.25) is 9.59 Å². The fraction of sp³-hybridized carbons (Fsp3) is 0.263. The first kappa shape index (κ1) is 17.6. The summed E-state index contributed by atoms with van der Waals surface area (Å²) in [5, 5.41) is 2.80. The minimum Gasteiger partial charge on any atom is -0.326 e. The van der Waals surface area contributed by atoms with Gasteiger partial charge in [0.25, 0.3) is 0 Å². The van der Waals surface area contributed by atoms with Gasteiger partial charge in [-0.1, -0.05) is 22.0 Å². The average molecular weight is 405 g/mol. The molecule has 1 aliphatic heterocycles. The van der Waals surface area contributed by atoms with E-state index >= 15 is 0 Å². The molecule has 0 saturated carbocycles. The summed E-state index contributed by atoms with van der Waals surface area (Å²) in [7, 11) is 0. The Morgan fingerprint density at radius 1 is 1.20 bits per heavy atom. The van der Waals surface area contributed by atoms with Gasteiger partial charge in [-0.15, -0.1) is 0 Å². The van der Waals surface area contributed by atoms with Crippen LogP contribution in [0.5, 0.6) is 0 Å². The van der Waals surface area contributed by atoms with Crippen LogP contribution in [0.4, 0.5) is 15.8 Å². The third-order valence-electron chi connectivity index (χ3n) is 4.17. The Labute approximate surface area is 154 Å². The number of anilines is 2. The standard InChI is InChI=1S/C19H18BrFN2O2/c20-14-5-3-13(17(21)12-14)4-10-18(24)22-15-6-8-16(9-7-15)23-11-1-2-19(23)25/h3,5-9,12H,1-2,4,10-11H2,(H,22,24). The molecule has 0 bridgehead atoms. The predicted molar refractivity (Wildman–Crippen MR) is 99.1 cm³/mol. The summed E-state index contributed by atoms with van der Waals surface area (Å²) in [5.74, 6) is -0.359. The Morgan fingerprint density at radius 2 is 1.96 bits per heavy atom. The van der Waals surface area contributed by atoms with E-state index in [1.165, 1.54) is 6.07 Å². The number of hydrogen-bond donors (Lipinski definition) is 1. The van der Waals surface area contributed by atoms with Gasteiger partial charge >= 0.3 is 0 Å². The summed E-state index contributed by atoms with van der Waals surface area (Å²) >= 11 is 3.21. The van der Waals surface area contributed by atoms with Gasteiger partial charge in [0.2, 0.25) is 11.8 Å². The molecule has 0 atom stereocenters. The minimum absolute atomic E-state index is 0.133. The molecule has 1 heterocycles. The summed E-state index contributed by atoms with van der Waals surface area (Å²) in [6.45, 7) is 0.739. The Morgan fingerprint density at radius 3 is 2.60 bits per heavy atom. The van der Waals surface area contributed by atoms with Crippen molar-refractivity contribution in [2.24, 2.45) is 0 Å². The van der Waals surface area contributed by atoms with Crippen LogP contribution in [-0.4, -0.2) is 18.4 Å². The molecule has 1 N–H and O–H groups in total. The fourth-order valence-electron chi connectivity index (χ4n) is 2.84. The van der Waals surface area contributed by atoms with Gasteiger partial charge in [0.15, 0.2) is 0 Å². The lowest BCUT2D eigenvalue weighted by atomic mass is 10.1. The van der Waals surface area contributed by atoms with E-state index in [1.54, 1.807) is 29.2 Å². The summed E-state index contributed by atoms with van der Waals surface area (Å²) in [4.78, 5) is 25.5. The molecular formula is C19H18BrFN2O2. The molecule has 25 heavy (non-hydrogen) atoms. The van der Waals surface area contributed by atoms with E-state index in [1.807, 2.05) is 12.1 Å². The van der Waals surface area contributed by atoms with Crippen molar-refractivity contribution in [1.82, 2.24) is 0 Å². The molecular weight excluding hydrogens is 387 g/mol. The number of nitrogens with zero attached hydrogens (tertiary/aromatic N) is 1. The van der Waals surface area contributed by atoms with Crippen molar-refractivity contribution in [3.63, 3.8) is 0 Å². The highest BCUT2D eigenvalue weighted by atomic mass is 79.9. The summed E-state index contributed by atoms with van der Waals surface area (Å²) in [6, 6.07) is 12.0. The first-order chi connectivity index (χ1) is 12.0. The van der Waals surface area contributed by atoms with E-state index in [0.29, 0.717) is 28.6 Å². The van der Waals surface area contributed by atoms with E-state index in [2.05, 4.69) is 21.2 Å². The van der Waals surface area contributed by atoms with Gasteiger partial charge in [0.05, 0.1) is 0 Å². The van der Waals surface area contributed by atoms with Crippen LogP contribution < -0.4 is 10.2 Å². The van der Waals surface area contributed by atoms with Gasteiger partial charge in [-0.05, 0) is 54.8 Å². The van der Waals surface area contributed by atoms with Crippen molar-refractivity contribution in [3.8, 4) is 0 Å². The van der Waals surface area contributed by atoms with Crippen LogP contribution in [0.25, 0.3) is 0 Å². The number of halogens is 2. The highest BCUT2D eigenvalue weighted by molar-refractivity contribution is 9.10. The predicted octanol–water partition coefficient (Wildman–Crippen LogP) is 4.29. The number of hydrogen-bond acceptors (Lipinski definition) is 2. The molecule has 0 aliphatic carbocycles. The van der Waals surface area contributed by atoms with Crippen molar-refractivity contribution >= 4 is 39.1 Å². The maximum absolute atomic E-state index is 13.8. The van der Waals surface area contributed by atoms with Crippen LogP contribution in [0.3, 0.4) is 0 Å². The number of nitrogens with one attached hydrogen (secondary N) is 1. The second-order valence-electron chi connectivity index (χ2n) is 5.98. The minimum atomic E-state index is -0.318. The third kappa shape index (κ3) is 4.45. The normalized spacial score (nSPS) is 14.0. The van der Waals surface area contributed by atoms with Gasteiger partial charge in [0.1, 0.15) is 5.82 Å². The van der Waals surface area contributed by atoms with Crippen molar-refractivity contribution < 1.29 is 14.0 Å². The number of rotatable bonds is 5. The maximum Gasteiger partial charge on any atom is 0.227 e. The zero-order valence-corrected chi connectivity index (χ0v) is 15.2. The van der Waals surface area contributed by atoms with Crippen molar-refractivity contribution in [2.75, 3.05) is 16.8 Å². The Kier molecular flexibility index (Phi) is 5.48. The van der Waals surface area contributed by atoms with Crippen LogP contribution in [0.15, 0.2) is 46.9 Å². The molecule has 130 valence electrons. The number of carbonyl (C=O) groups is 2. The average Bonchev–Trinajstić information content (AvgIpc) is 3.01. The molecule has 2 aromatic carbocycles. The van der Waals surface area contributed by atoms with E-state index in [9.17, 15) is 14.0 Å². The Balaban J connectivity index is 1.55. The van der Waals surface area contributed by atoms with E-state index in [4.69, 9.17) is 0 Å². The lowest BCUT2D eigenvalue weighted by Crippen LogP contribution is -2.23. The van der Waals surface area contributed by atoms with E-state index in [-0.39, 0.29) is 24.1 Å². The van der Waals surface area contributed by atoms with E-state index in [0.717, 1.165) is 18.7 Å². The second kappa shape index (κ2) is 7.78. The molecule has 2 amide bonds. The number of benzene rings is 2. The first-order valence-electron chi connectivity index (χ1n) is 8.17. The number of aryl methyl sites for hydroxylation is 1. The van der Waals surface area contributed by atoms with E-state index < -0.39 is 0 Å². The van der Waals surface area contributed by atoms with Crippen LogP contribution in [0.1, 0.15) is 24.8 Å². The van der Waals surface area contributed by atoms with Crippen molar-refractivity contribution in [2.45, 2.75) is 25.7 Å². The van der Waals surface area contributed by atoms with Gasteiger partial charge in [-0.25, -0.2) is 4.39 Å². The number of amides is 2. The zero-order chi connectivity index (χ0) is 17.8. The van der Waals surface area contributed by atoms with Crippen LogP contribution in [0.2, 0.25) is 0 Å². The molecule has 6 heteroatoms. The molecule has 2 aromatic rings. The molecule has 0 spiro atoms. The van der Waals surface area contributed by atoms with Crippen LogP contribution in [0, 0.1) is 5.82 Å². The first-order valence-corrected chi connectivity index (χ1v) is 8.96. The van der Waals surface area contributed by atoms with Crippen LogP contribution >= 0.6 is 15.9 Å². The fourth-order valence-corrected chi connectivity index (χ4v) is 3.18. The summed E-state index contributed by atoms with van der Waals surface area (Å²) < 4.78 is 14.4. The highest BCUT2D eigenvalue weighted by Gasteiger charge is 2.21. The third-order valence-corrected chi connectivity index (χ3v) is 4.67. The zero-order valence-electron chi connectivity index (χ0n) is 13.6. The molecule has 3 rings (SSSR count). The molecule has 0 unspecified atom stereocenters. The number of carbonyl (C=O) groups excluding carboxylic acids is 2. The maximum atomic E-state index is 13.8. The Hall–Kier alpha value is -2.21. The highest BCUT2D eigenvalue weighted by Crippen LogP contribution is 2.23. The smallest absolute Gasteiger partial charge is 0.227 e. The molecule has 1 aliphatic rings. The van der Waals surface area contributed by atoms with Gasteiger partial charge in [0, 0.05) is 35.2 Å². The van der Waals surface area contributed by atoms with Gasteiger partial charge in [-0.2, -0.15) is 0 Å². The molecule has 0 radical (unpaired) electrons. The quantitative estimate of drug-likeness (QED) is 0.807. The van der Waals surface area contributed by atoms with Gasteiger partial charge < -0.3 is 10.2 Å². The molecule has 0 aromatic heterocycles. The SMILES string of the molecule is O=C(CCc1ccc(Br)cc1F)Nc1ccc(N2CCCC2=O)cc1. The monoisotopic (exact) mass is 404 g/mol. The van der Waals surface area contributed by atoms with Crippen molar-refractivity contribution in [3.05, 3.63) is 58.3 Å². The topological polar surface area (TPSA) is 49.4 Å². The van der Waals surface area contributed by atoms with Crippen molar-refractivity contribution in [1.29, 1.82) is 0 Å². The molecule has 4 nitrogen and oxygen atoms in total. The second-order valence-corrected chi connectivity index (χ2v) is 6.90. The Bertz CT molecular complexity index is 793. The largest absolute Gasteiger partial charge is 0.326 e. The molecule has 1 saturated heterocycles. The van der Waals surface area contributed by atoms with Crippen LogP contribution in [-0.2, 0) is 16.0 Å². The lowest BCUT2D eigenvalue weighted by molar-refractivity contribution is -0.117.